The van der Waals surface area contributed by atoms with Gasteiger partial charge in [0.25, 0.3) is 0 Å². The number of nitrogens with two attached hydrogens (primary N) is 1. The zero-order valence-electron chi connectivity index (χ0n) is 6.90. The van der Waals surface area contributed by atoms with E-state index in [-0.39, 0.29) is 6.42 Å². The molecule has 0 aliphatic rings. The van der Waals surface area contributed by atoms with Crippen LogP contribution in [0.1, 0.15) is 18.0 Å². The van der Waals surface area contributed by atoms with Crippen molar-refractivity contribution in [2.24, 2.45) is 5.73 Å². The highest BCUT2D eigenvalue weighted by Gasteiger charge is 2.09. The number of carbonyl (C=O) groups is 1. The minimum atomic E-state index is -0.879. The number of hydrogen-bond donors (Lipinski definition) is 2. The summed E-state index contributed by atoms with van der Waals surface area (Å²) in [4.78, 5) is 10.4. The molecule has 1 aromatic rings. The minimum absolute atomic E-state index is 0.0400. The molecular formula is C9H10BrNO2. The highest BCUT2D eigenvalue weighted by atomic mass is 79.9. The Morgan fingerprint density at radius 3 is 2.46 bits per heavy atom. The molecule has 0 aliphatic carbocycles. The Labute approximate surface area is 84.7 Å². The van der Waals surface area contributed by atoms with Crippen molar-refractivity contribution in [3.05, 3.63) is 34.3 Å². The van der Waals surface area contributed by atoms with E-state index >= 15 is 0 Å². The number of halogens is 1. The van der Waals surface area contributed by atoms with E-state index in [9.17, 15) is 4.79 Å². The van der Waals surface area contributed by atoms with Crippen LogP contribution >= 0.6 is 15.9 Å². The summed E-state index contributed by atoms with van der Waals surface area (Å²) in [5.74, 6) is -0.879. The first-order valence-corrected chi connectivity index (χ1v) is 4.61. The van der Waals surface area contributed by atoms with Crippen molar-refractivity contribution < 1.29 is 9.90 Å². The SMILES string of the molecule is N[C@@H](CC(=O)O)c1ccc(Br)cc1. The standard InChI is InChI=1S/C9H10BrNO2/c10-7-3-1-6(2-4-7)8(11)5-9(12)13/h1-4,8H,5,11H2,(H,12,13)/t8-/m0/s1. The first kappa shape index (κ1) is 10.2. The molecule has 0 saturated heterocycles. The van der Waals surface area contributed by atoms with Crippen LogP contribution in [0.3, 0.4) is 0 Å². The Morgan fingerprint density at radius 1 is 1.46 bits per heavy atom. The second kappa shape index (κ2) is 4.39. The molecule has 0 bridgehead atoms. The van der Waals surface area contributed by atoms with E-state index in [1.807, 2.05) is 24.3 Å². The maximum Gasteiger partial charge on any atom is 0.305 e. The Hall–Kier alpha value is -0.870. The molecular weight excluding hydrogens is 234 g/mol. The van der Waals surface area contributed by atoms with Crippen LogP contribution in [0.2, 0.25) is 0 Å². The van der Waals surface area contributed by atoms with Crippen molar-refractivity contribution in [1.82, 2.24) is 0 Å². The third kappa shape index (κ3) is 3.16. The molecule has 1 atom stereocenters. The van der Waals surface area contributed by atoms with Crippen molar-refractivity contribution in [2.45, 2.75) is 12.5 Å². The van der Waals surface area contributed by atoms with Crippen LogP contribution < -0.4 is 5.73 Å². The summed E-state index contributed by atoms with van der Waals surface area (Å²) in [5.41, 5.74) is 6.49. The molecule has 0 amide bonds. The summed E-state index contributed by atoms with van der Waals surface area (Å²) in [6.45, 7) is 0. The molecule has 1 aromatic carbocycles. The number of rotatable bonds is 3. The zero-order chi connectivity index (χ0) is 9.84. The molecule has 0 radical (unpaired) electrons. The molecule has 70 valence electrons. The van der Waals surface area contributed by atoms with Gasteiger partial charge in [0.15, 0.2) is 0 Å². The predicted octanol–water partition coefficient (Wildman–Crippen LogP) is 1.92. The molecule has 13 heavy (non-hydrogen) atoms. The van der Waals surface area contributed by atoms with E-state index in [2.05, 4.69) is 15.9 Å². The molecule has 3 nitrogen and oxygen atoms in total. The van der Waals surface area contributed by atoms with Crippen molar-refractivity contribution >= 4 is 21.9 Å². The highest BCUT2D eigenvalue weighted by molar-refractivity contribution is 9.10. The van der Waals surface area contributed by atoms with Gasteiger partial charge < -0.3 is 10.8 Å². The average Bonchev–Trinajstić information content (AvgIpc) is 2.04. The third-order valence-electron chi connectivity index (χ3n) is 1.69. The van der Waals surface area contributed by atoms with Gasteiger partial charge in [-0.1, -0.05) is 28.1 Å². The minimum Gasteiger partial charge on any atom is -0.481 e. The number of aliphatic carboxylic acids is 1. The number of carboxylic acids is 1. The van der Waals surface area contributed by atoms with E-state index in [0.29, 0.717) is 0 Å². The van der Waals surface area contributed by atoms with Gasteiger partial charge in [0.2, 0.25) is 0 Å². The maximum absolute atomic E-state index is 10.4. The lowest BCUT2D eigenvalue weighted by molar-refractivity contribution is -0.137. The number of carboxylic acid groups (broad SMARTS) is 1. The van der Waals surface area contributed by atoms with Gasteiger partial charge in [0, 0.05) is 10.5 Å². The van der Waals surface area contributed by atoms with Gasteiger partial charge in [0.05, 0.1) is 6.42 Å². The van der Waals surface area contributed by atoms with Crippen LogP contribution in [-0.4, -0.2) is 11.1 Å². The average molecular weight is 244 g/mol. The van der Waals surface area contributed by atoms with Crippen molar-refractivity contribution in [1.29, 1.82) is 0 Å². The molecule has 0 spiro atoms. The van der Waals surface area contributed by atoms with Gasteiger partial charge in [-0.05, 0) is 17.7 Å². The van der Waals surface area contributed by atoms with E-state index in [1.165, 1.54) is 0 Å². The van der Waals surface area contributed by atoms with Gasteiger partial charge in [-0.15, -0.1) is 0 Å². The summed E-state index contributed by atoms with van der Waals surface area (Å²) >= 11 is 3.29. The lowest BCUT2D eigenvalue weighted by atomic mass is 10.1. The summed E-state index contributed by atoms with van der Waals surface area (Å²) in [6.07, 6.45) is -0.0400. The van der Waals surface area contributed by atoms with Gasteiger partial charge in [-0.25, -0.2) is 0 Å². The van der Waals surface area contributed by atoms with Crippen LogP contribution in [0.15, 0.2) is 28.7 Å². The van der Waals surface area contributed by atoms with Crippen LogP contribution in [-0.2, 0) is 4.79 Å². The molecule has 4 heteroatoms. The van der Waals surface area contributed by atoms with Crippen LogP contribution in [0.25, 0.3) is 0 Å². The fraction of sp³-hybridized carbons (Fsp3) is 0.222. The molecule has 1 rings (SSSR count). The second-order valence-electron chi connectivity index (χ2n) is 2.76. The molecule has 0 aliphatic heterocycles. The van der Waals surface area contributed by atoms with Gasteiger partial charge in [-0.2, -0.15) is 0 Å². The van der Waals surface area contributed by atoms with Crippen molar-refractivity contribution in [2.75, 3.05) is 0 Å². The van der Waals surface area contributed by atoms with Crippen LogP contribution in [0.4, 0.5) is 0 Å². The van der Waals surface area contributed by atoms with Gasteiger partial charge in [0.1, 0.15) is 0 Å². The lowest BCUT2D eigenvalue weighted by Gasteiger charge is -2.08. The second-order valence-corrected chi connectivity index (χ2v) is 3.67. The molecule has 0 saturated carbocycles. The normalized spacial score (nSPS) is 12.5. The monoisotopic (exact) mass is 243 g/mol. The Kier molecular flexibility index (Phi) is 3.45. The summed E-state index contributed by atoms with van der Waals surface area (Å²) < 4.78 is 0.957. The van der Waals surface area contributed by atoms with Crippen LogP contribution in [0.5, 0.6) is 0 Å². The first-order valence-electron chi connectivity index (χ1n) is 3.82. The molecule has 3 N–H and O–H groups in total. The van der Waals surface area contributed by atoms with E-state index in [1.54, 1.807) is 0 Å². The largest absolute Gasteiger partial charge is 0.481 e. The first-order chi connectivity index (χ1) is 6.09. The third-order valence-corrected chi connectivity index (χ3v) is 2.22. The van der Waals surface area contributed by atoms with Crippen molar-refractivity contribution in [3.63, 3.8) is 0 Å². The van der Waals surface area contributed by atoms with E-state index in [0.717, 1.165) is 10.0 Å². The Balaban J connectivity index is 2.71. The predicted molar refractivity (Wildman–Crippen MR) is 53.3 cm³/mol. The van der Waals surface area contributed by atoms with Crippen LogP contribution in [0, 0.1) is 0 Å². The Morgan fingerprint density at radius 2 is 2.00 bits per heavy atom. The lowest BCUT2D eigenvalue weighted by Crippen LogP contribution is -2.14. The molecule has 0 heterocycles. The quantitative estimate of drug-likeness (QED) is 0.853. The number of benzene rings is 1. The summed E-state index contributed by atoms with van der Waals surface area (Å²) in [5, 5.41) is 8.51. The van der Waals surface area contributed by atoms with Gasteiger partial charge in [-0.3, -0.25) is 4.79 Å². The maximum atomic E-state index is 10.4. The van der Waals surface area contributed by atoms with Gasteiger partial charge >= 0.3 is 5.97 Å². The number of hydrogen-bond acceptors (Lipinski definition) is 2. The Bertz CT molecular complexity index is 297. The fourth-order valence-electron chi connectivity index (χ4n) is 1.02. The zero-order valence-corrected chi connectivity index (χ0v) is 8.49. The molecule has 0 fully saturated rings. The summed E-state index contributed by atoms with van der Waals surface area (Å²) in [6, 6.07) is 6.90. The van der Waals surface area contributed by atoms with Crippen molar-refractivity contribution in [3.8, 4) is 0 Å². The summed E-state index contributed by atoms with van der Waals surface area (Å²) in [7, 11) is 0. The highest BCUT2D eigenvalue weighted by Crippen LogP contribution is 2.17. The van der Waals surface area contributed by atoms with E-state index < -0.39 is 12.0 Å². The molecule has 0 unspecified atom stereocenters. The molecule has 0 aromatic heterocycles. The van der Waals surface area contributed by atoms with E-state index in [4.69, 9.17) is 10.8 Å². The topological polar surface area (TPSA) is 63.3 Å². The smallest absolute Gasteiger partial charge is 0.305 e. The fourth-order valence-corrected chi connectivity index (χ4v) is 1.28.